The number of ether oxygens (including phenoxy) is 2. The lowest BCUT2D eigenvalue weighted by atomic mass is 9.97. The molecule has 1 aromatic rings. The van der Waals surface area contributed by atoms with E-state index in [1.807, 2.05) is 0 Å². The Morgan fingerprint density at radius 3 is 2.27 bits per heavy atom. The standard InChI is InChI=1S/C23H38O6S/c1-4-13-22-21(14-8-5-6-11-19-29-30(3,25)26)15-12-16-23(22)28-18-10-7-9-17-27-20(2)24/h12,15-16H,4-11,13-14,17-19H2,1-3H3. The summed E-state index contributed by atoms with van der Waals surface area (Å²) in [5.41, 5.74) is 2.65. The van der Waals surface area contributed by atoms with Gasteiger partial charge in [-0.2, -0.15) is 8.42 Å². The highest BCUT2D eigenvalue weighted by Gasteiger charge is 2.09. The lowest BCUT2D eigenvalue weighted by Crippen LogP contribution is -2.05. The number of carbonyl (C=O) groups is 1. The van der Waals surface area contributed by atoms with Gasteiger partial charge in [0.1, 0.15) is 5.75 Å². The van der Waals surface area contributed by atoms with E-state index in [1.165, 1.54) is 18.1 Å². The van der Waals surface area contributed by atoms with Crippen molar-refractivity contribution >= 4 is 16.1 Å². The number of hydrogen-bond acceptors (Lipinski definition) is 6. The molecule has 0 aliphatic rings. The van der Waals surface area contributed by atoms with Gasteiger partial charge in [-0.1, -0.05) is 38.3 Å². The summed E-state index contributed by atoms with van der Waals surface area (Å²) in [4.78, 5) is 10.8. The molecule has 30 heavy (non-hydrogen) atoms. The van der Waals surface area contributed by atoms with Crippen LogP contribution < -0.4 is 4.74 Å². The molecule has 0 bridgehead atoms. The van der Waals surface area contributed by atoms with Gasteiger partial charge in [-0.25, -0.2) is 0 Å². The van der Waals surface area contributed by atoms with Crippen LogP contribution in [0.1, 0.15) is 76.3 Å². The van der Waals surface area contributed by atoms with Gasteiger partial charge in [-0.05, 0) is 62.1 Å². The van der Waals surface area contributed by atoms with Crippen LogP contribution in [0.3, 0.4) is 0 Å². The molecule has 0 saturated carbocycles. The first-order chi connectivity index (χ1) is 14.3. The second-order valence-electron chi connectivity index (χ2n) is 7.58. The zero-order chi connectivity index (χ0) is 22.2. The molecule has 1 aromatic carbocycles. The smallest absolute Gasteiger partial charge is 0.302 e. The predicted octanol–water partition coefficient (Wildman–Crippen LogP) is 4.83. The average Bonchev–Trinajstić information content (AvgIpc) is 2.67. The summed E-state index contributed by atoms with van der Waals surface area (Å²) in [6.07, 6.45) is 10.8. The highest BCUT2D eigenvalue weighted by molar-refractivity contribution is 7.85. The van der Waals surface area contributed by atoms with Crippen LogP contribution in [-0.2, 0) is 36.7 Å². The number of hydrogen-bond donors (Lipinski definition) is 0. The molecule has 0 unspecified atom stereocenters. The van der Waals surface area contributed by atoms with Crippen LogP contribution in [0.2, 0.25) is 0 Å². The molecule has 0 aromatic heterocycles. The number of benzene rings is 1. The van der Waals surface area contributed by atoms with Gasteiger partial charge < -0.3 is 9.47 Å². The predicted molar refractivity (Wildman–Crippen MR) is 119 cm³/mol. The first kappa shape index (κ1) is 26.4. The van der Waals surface area contributed by atoms with Crippen LogP contribution in [-0.4, -0.2) is 40.5 Å². The van der Waals surface area contributed by atoms with E-state index in [1.54, 1.807) is 0 Å². The molecular weight excluding hydrogens is 404 g/mol. The summed E-state index contributed by atoms with van der Waals surface area (Å²) in [6, 6.07) is 6.30. The minimum absolute atomic E-state index is 0.227. The number of rotatable bonds is 17. The van der Waals surface area contributed by atoms with Crippen LogP contribution in [0.25, 0.3) is 0 Å². The SMILES string of the molecule is CCCc1c(CCCCCCOS(C)(=O)=O)cccc1OCCCCCOC(C)=O. The average molecular weight is 443 g/mol. The van der Waals surface area contributed by atoms with E-state index < -0.39 is 10.1 Å². The highest BCUT2D eigenvalue weighted by atomic mass is 32.2. The Kier molecular flexibility index (Phi) is 13.4. The molecule has 0 radical (unpaired) electrons. The van der Waals surface area contributed by atoms with Crippen molar-refractivity contribution < 1.29 is 26.9 Å². The zero-order valence-corrected chi connectivity index (χ0v) is 19.6. The van der Waals surface area contributed by atoms with Crippen molar-refractivity contribution in [3.05, 3.63) is 29.3 Å². The van der Waals surface area contributed by atoms with Gasteiger partial charge in [0, 0.05) is 6.92 Å². The first-order valence-electron chi connectivity index (χ1n) is 11.0. The van der Waals surface area contributed by atoms with Crippen molar-refractivity contribution in [1.29, 1.82) is 0 Å². The molecule has 1 rings (SSSR count). The molecule has 0 saturated heterocycles. The maximum atomic E-state index is 10.9. The third-order valence-corrected chi connectivity index (χ3v) is 5.31. The van der Waals surface area contributed by atoms with Gasteiger partial charge in [0.15, 0.2) is 0 Å². The van der Waals surface area contributed by atoms with Crippen LogP contribution in [0.15, 0.2) is 18.2 Å². The maximum absolute atomic E-state index is 10.9. The lowest BCUT2D eigenvalue weighted by molar-refractivity contribution is -0.141. The first-order valence-corrected chi connectivity index (χ1v) is 12.9. The van der Waals surface area contributed by atoms with Crippen molar-refractivity contribution in [1.82, 2.24) is 0 Å². The molecule has 0 heterocycles. The summed E-state index contributed by atoms with van der Waals surface area (Å²) in [5, 5.41) is 0. The zero-order valence-electron chi connectivity index (χ0n) is 18.8. The van der Waals surface area contributed by atoms with E-state index >= 15 is 0 Å². The Morgan fingerprint density at radius 1 is 0.900 bits per heavy atom. The molecule has 0 fully saturated rings. The number of aryl methyl sites for hydroxylation is 1. The van der Waals surface area contributed by atoms with Crippen LogP contribution >= 0.6 is 0 Å². The van der Waals surface area contributed by atoms with E-state index in [0.717, 1.165) is 76.2 Å². The van der Waals surface area contributed by atoms with Gasteiger partial charge in [0.05, 0.1) is 26.1 Å². The fraction of sp³-hybridized carbons (Fsp3) is 0.696. The summed E-state index contributed by atoms with van der Waals surface area (Å²) in [5.74, 6) is 0.755. The lowest BCUT2D eigenvalue weighted by Gasteiger charge is -2.15. The molecule has 0 aliphatic carbocycles. The van der Waals surface area contributed by atoms with Crippen molar-refractivity contribution in [2.75, 3.05) is 26.1 Å². The minimum Gasteiger partial charge on any atom is -0.493 e. The molecular formula is C23H38O6S. The molecule has 0 amide bonds. The highest BCUT2D eigenvalue weighted by Crippen LogP contribution is 2.26. The molecule has 6 nitrogen and oxygen atoms in total. The Balaban J connectivity index is 2.38. The molecule has 0 N–H and O–H groups in total. The van der Waals surface area contributed by atoms with Gasteiger partial charge in [-0.15, -0.1) is 0 Å². The normalized spacial score (nSPS) is 11.4. The van der Waals surface area contributed by atoms with Crippen LogP contribution in [0, 0.1) is 0 Å². The van der Waals surface area contributed by atoms with E-state index in [-0.39, 0.29) is 12.6 Å². The third-order valence-electron chi connectivity index (χ3n) is 4.72. The summed E-state index contributed by atoms with van der Waals surface area (Å²) < 4.78 is 37.7. The minimum atomic E-state index is -3.33. The molecule has 0 aliphatic heterocycles. The van der Waals surface area contributed by atoms with Gasteiger partial charge in [0.25, 0.3) is 10.1 Å². The quantitative estimate of drug-likeness (QED) is 0.195. The monoisotopic (exact) mass is 442 g/mol. The third kappa shape index (κ3) is 12.9. The van der Waals surface area contributed by atoms with E-state index in [9.17, 15) is 13.2 Å². The molecule has 0 atom stereocenters. The molecule has 7 heteroatoms. The number of unbranched alkanes of at least 4 members (excludes halogenated alkanes) is 5. The van der Waals surface area contributed by atoms with Crippen molar-refractivity contribution in [3.8, 4) is 5.75 Å². The second-order valence-corrected chi connectivity index (χ2v) is 9.23. The Labute approximate surface area is 182 Å². The number of carbonyl (C=O) groups excluding carboxylic acids is 1. The summed E-state index contributed by atoms with van der Waals surface area (Å²) in [6.45, 7) is 5.02. The van der Waals surface area contributed by atoms with Crippen molar-refractivity contribution in [3.63, 3.8) is 0 Å². The van der Waals surface area contributed by atoms with E-state index in [0.29, 0.717) is 13.2 Å². The van der Waals surface area contributed by atoms with Gasteiger partial charge in [-0.3, -0.25) is 8.98 Å². The maximum Gasteiger partial charge on any atom is 0.302 e. The van der Waals surface area contributed by atoms with E-state index in [2.05, 4.69) is 25.1 Å². The summed E-state index contributed by atoms with van der Waals surface area (Å²) >= 11 is 0. The topological polar surface area (TPSA) is 78.9 Å². The van der Waals surface area contributed by atoms with Crippen molar-refractivity contribution in [2.24, 2.45) is 0 Å². The largest absolute Gasteiger partial charge is 0.493 e. The molecule has 0 spiro atoms. The van der Waals surface area contributed by atoms with Crippen molar-refractivity contribution in [2.45, 2.75) is 78.1 Å². The Hall–Kier alpha value is -1.60. The van der Waals surface area contributed by atoms with Crippen LogP contribution in [0.5, 0.6) is 5.75 Å². The second kappa shape index (κ2) is 15.2. The Morgan fingerprint density at radius 2 is 1.57 bits per heavy atom. The fourth-order valence-corrected chi connectivity index (χ4v) is 3.70. The number of esters is 1. The van der Waals surface area contributed by atoms with Gasteiger partial charge >= 0.3 is 5.97 Å². The fourth-order valence-electron chi connectivity index (χ4n) is 3.27. The molecule has 172 valence electrons. The van der Waals surface area contributed by atoms with Gasteiger partial charge in [0.2, 0.25) is 0 Å². The summed E-state index contributed by atoms with van der Waals surface area (Å²) in [7, 11) is -3.33. The van der Waals surface area contributed by atoms with E-state index in [4.69, 9.17) is 13.7 Å². The Bertz CT molecular complexity index is 714. The van der Waals surface area contributed by atoms with Crippen LogP contribution in [0.4, 0.5) is 0 Å².